The van der Waals surface area contributed by atoms with Crippen LogP contribution in [0.15, 0.2) is 36.8 Å². The highest BCUT2D eigenvalue weighted by Crippen LogP contribution is 2.38. The highest BCUT2D eigenvalue weighted by atomic mass is 16.3. The van der Waals surface area contributed by atoms with Crippen LogP contribution in [0.1, 0.15) is 68.1 Å². The molecule has 2 saturated heterocycles. The number of aliphatic hydroxyl groups excluding tert-OH is 1. The minimum absolute atomic E-state index is 0.00945. The number of benzene rings is 1. The Balaban J connectivity index is 1.21. The Bertz CT molecular complexity index is 1460. The maximum Gasteiger partial charge on any atom is 0.237 e. The van der Waals surface area contributed by atoms with E-state index < -0.39 is 0 Å². The SMILES string of the molecule is Cc1cc(-c2[nH]c3ccc(C4CCN(CC(=O)N5CCCC5CO)CC4)cc3c2C(C)C)cn2ncnc12. The lowest BCUT2D eigenvalue weighted by molar-refractivity contribution is -0.134. The van der Waals surface area contributed by atoms with E-state index in [9.17, 15) is 9.90 Å². The average Bonchev–Trinajstić information content (AvgIpc) is 3.66. The zero-order valence-corrected chi connectivity index (χ0v) is 22.7. The number of aromatic amines is 1. The predicted octanol–water partition coefficient (Wildman–Crippen LogP) is 4.47. The summed E-state index contributed by atoms with van der Waals surface area (Å²) < 4.78 is 1.86. The second-order valence-electron chi connectivity index (χ2n) is 11.4. The van der Waals surface area contributed by atoms with Crippen molar-refractivity contribution in [3.8, 4) is 11.3 Å². The molecule has 2 aliphatic rings. The van der Waals surface area contributed by atoms with Gasteiger partial charge in [-0.25, -0.2) is 9.50 Å². The fraction of sp³-hybridized carbons (Fsp3) is 0.500. The Morgan fingerprint density at radius 3 is 2.74 bits per heavy atom. The largest absolute Gasteiger partial charge is 0.394 e. The van der Waals surface area contributed by atoms with Crippen LogP contribution >= 0.6 is 0 Å². The minimum Gasteiger partial charge on any atom is -0.394 e. The van der Waals surface area contributed by atoms with Crippen LogP contribution in [0.4, 0.5) is 0 Å². The van der Waals surface area contributed by atoms with Crippen molar-refractivity contribution in [3.05, 3.63) is 53.5 Å². The van der Waals surface area contributed by atoms with E-state index in [2.05, 4.69) is 71.2 Å². The third-order valence-corrected chi connectivity index (χ3v) is 8.61. The van der Waals surface area contributed by atoms with Crippen molar-refractivity contribution in [3.63, 3.8) is 0 Å². The molecule has 0 aliphatic carbocycles. The molecule has 2 aliphatic heterocycles. The number of carbonyl (C=O) groups excluding carboxylic acids is 1. The number of rotatable bonds is 6. The van der Waals surface area contributed by atoms with E-state index in [4.69, 9.17) is 0 Å². The van der Waals surface area contributed by atoms with Gasteiger partial charge in [-0.3, -0.25) is 9.69 Å². The van der Waals surface area contributed by atoms with E-state index in [-0.39, 0.29) is 18.6 Å². The van der Waals surface area contributed by atoms with Crippen LogP contribution in [0, 0.1) is 6.92 Å². The van der Waals surface area contributed by atoms with Gasteiger partial charge in [0.05, 0.1) is 24.9 Å². The number of nitrogens with zero attached hydrogens (tertiary/aromatic N) is 5. The number of pyridine rings is 1. The lowest BCUT2D eigenvalue weighted by Gasteiger charge is -2.33. The average molecular weight is 515 g/mol. The molecule has 0 saturated carbocycles. The number of hydrogen-bond acceptors (Lipinski definition) is 5. The number of aryl methyl sites for hydroxylation is 1. The van der Waals surface area contributed by atoms with Gasteiger partial charge < -0.3 is 15.0 Å². The van der Waals surface area contributed by atoms with Gasteiger partial charge in [0.25, 0.3) is 0 Å². The van der Waals surface area contributed by atoms with Crippen molar-refractivity contribution in [2.24, 2.45) is 0 Å². The third-order valence-electron chi connectivity index (χ3n) is 8.61. The van der Waals surface area contributed by atoms with Crippen molar-refractivity contribution in [2.45, 2.75) is 64.3 Å². The van der Waals surface area contributed by atoms with Crippen LogP contribution in [0.2, 0.25) is 0 Å². The molecule has 5 heterocycles. The molecule has 8 heteroatoms. The molecule has 2 fully saturated rings. The maximum absolute atomic E-state index is 12.8. The molecular weight excluding hydrogens is 476 g/mol. The molecule has 3 aromatic heterocycles. The molecule has 1 aromatic carbocycles. The van der Waals surface area contributed by atoms with Crippen molar-refractivity contribution >= 4 is 22.5 Å². The number of fused-ring (bicyclic) bond motifs is 2. The van der Waals surface area contributed by atoms with Crippen LogP contribution in [0.5, 0.6) is 0 Å². The maximum atomic E-state index is 12.8. The summed E-state index contributed by atoms with van der Waals surface area (Å²) in [4.78, 5) is 25.1. The van der Waals surface area contributed by atoms with Gasteiger partial charge in [0.1, 0.15) is 6.33 Å². The Morgan fingerprint density at radius 1 is 1.16 bits per heavy atom. The van der Waals surface area contributed by atoms with Crippen molar-refractivity contribution < 1.29 is 9.90 Å². The first-order valence-corrected chi connectivity index (χ1v) is 14.0. The van der Waals surface area contributed by atoms with E-state index in [1.54, 1.807) is 6.33 Å². The molecule has 2 N–H and O–H groups in total. The van der Waals surface area contributed by atoms with Crippen LogP contribution in [-0.2, 0) is 4.79 Å². The molecule has 0 radical (unpaired) electrons. The number of aliphatic hydroxyl groups is 1. The zero-order chi connectivity index (χ0) is 26.4. The Morgan fingerprint density at radius 2 is 1.97 bits per heavy atom. The summed E-state index contributed by atoms with van der Waals surface area (Å²) in [5.74, 6) is 1.03. The standard InChI is InChI=1S/C30H38N6O2/c1-19(2)28-25-14-22(21-8-11-34(12-9-21)16-27(38)35-10-4-5-24(35)17-37)6-7-26(25)33-29(28)23-13-20(3)30-31-18-32-36(30)15-23/h6-7,13-15,18-19,21,24,33,37H,4-5,8-12,16-17H2,1-3H3. The highest BCUT2D eigenvalue weighted by Gasteiger charge is 2.30. The number of piperidine rings is 1. The van der Waals surface area contributed by atoms with Gasteiger partial charge in [0.2, 0.25) is 5.91 Å². The fourth-order valence-electron chi connectivity index (χ4n) is 6.60. The summed E-state index contributed by atoms with van der Waals surface area (Å²) in [6.07, 6.45) is 7.69. The molecule has 1 atom stereocenters. The molecule has 0 spiro atoms. The predicted molar refractivity (Wildman–Crippen MR) is 149 cm³/mol. The molecule has 1 unspecified atom stereocenters. The topological polar surface area (TPSA) is 89.8 Å². The van der Waals surface area contributed by atoms with Gasteiger partial charge in [-0.05, 0) is 92.4 Å². The lowest BCUT2D eigenvalue weighted by Crippen LogP contribution is -2.45. The zero-order valence-electron chi connectivity index (χ0n) is 22.7. The quantitative estimate of drug-likeness (QED) is 0.396. The molecule has 200 valence electrons. The highest BCUT2D eigenvalue weighted by molar-refractivity contribution is 5.92. The molecule has 8 nitrogen and oxygen atoms in total. The van der Waals surface area contributed by atoms with Gasteiger partial charge in [0.15, 0.2) is 5.65 Å². The number of hydrogen-bond donors (Lipinski definition) is 2. The van der Waals surface area contributed by atoms with Gasteiger partial charge in [-0.1, -0.05) is 19.9 Å². The van der Waals surface area contributed by atoms with Gasteiger partial charge in [0, 0.05) is 29.2 Å². The van der Waals surface area contributed by atoms with Crippen molar-refractivity contribution in [1.82, 2.24) is 29.4 Å². The summed E-state index contributed by atoms with van der Waals surface area (Å²) in [5, 5.41) is 15.2. The van der Waals surface area contributed by atoms with Gasteiger partial charge in [-0.15, -0.1) is 0 Å². The summed E-state index contributed by atoms with van der Waals surface area (Å²) in [5.41, 5.74) is 8.17. The summed E-state index contributed by atoms with van der Waals surface area (Å²) >= 11 is 0. The Labute approximate surface area is 223 Å². The molecule has 38 heavy (non-hydrogen) atoms. The summed E-state index contributed by atoms with van der Waals surface area (Å²) in [6, 6.07) is 9.12. The number of aromatic nitrogens is 4. The van der Waals surface area contributed by atoms with E-state index in [0.29, 0.717) is 18.4 Å². The van der Waals surface area contributed by atoms with Gasteiger partial charge >= 0.3 is 0 Å². The monoisotopic (exact) mass is 514 g/mol. The number of H-pyrrole nitrogens is 1. The summed E-state index contributed by atoms with van der Waals surface area (Å²) in [6.45, 7) is 9.79. The first kappa shape index (κ1) is 25.1. The van der Waals surface area contributed by atoms with E-state index in [1.807, 2.05) is 9.42 Å². The second-order valence-corrected chi connectivity index (χ2v) is 11.4. The normalized spacial score (nSPS) is 19.4. The number of carbonyl (C=O) groups is 1. The number of likely N-dealkylation sites (tertiary alicyclic amines) is 2. The first-order chi connectivity index (χ1) is 18.4. The first-order valence-electron chi connectivity index (χ1n) is 14.0. The minimum atomic E-state index is 0.00945. The lowest BCUT2D eigenvalue weighted by atomic mass is 9.87. The van der Waals surface area contributed by atoms with Crippen molar-refractivity contribution in [1.29, 1.82) is 0 Å². The Kier molecular flexibility index (Phi) is 6.70. The van der Waals surface area contributed by atoms with Crippen LogP contribution in [0.25, 0.3) is 27.8 Å². The number of nitrogens with one attached hydrogen (secondary N) is 1. The molecule has 6 rings (SSSR count). The van der Waals surface area contributed by atoms with Crippen molar-refractivity contribution in [2.75, 3.05) is 32.8 Å². The van der Waals surface area contributed by atoms with Crippen LogP contribution in [0.3, 0.4) is 0 Å². The molecule has 0 bridgehead atoms. The molecular formula is C30H38N6O2. The number of amides is 1. The fourth-order valence-corrected chi connectivity index (χ4v) is 6.60. The van der Waals surface area contributed by atoms with E-state index >= 15 is 0 Å². The van der Waals surface area contributed by atoms with E-state index in [1.165, 1.54) is 16.5 Å². The third kappa shape index (κ3) is 4.50. The van der Waals surface area contributed by atoms with E-state index in [0.717, 1.165) is 73.3 Å². The molecule has 1 amide bonds. The smallest absolute Gasteiger partial charge is 0.237 e. The second kappa shape index (κ2) is 10.2. The Hall–Kier alpha value is -3.23. The van der Waals surface area contributed by atoms with Gasteiger partial charge in [-0.2, -0.15) is 5.10 Å². The van der Waals surface area contributed by atoms with Crippen LogP contribution < -0.4 is 0 Å². The summed E-state index contributed by atoms with van der Waals surface area (Å²) in [7, 11) is 0. The molecule has 4 aromatic rings. The van der Waals surface area contributed by atoms with Crippen LogP contribution in [-0.4, -0.2) is 79.2 Å².